The number of rotatable bonds is 4. The Balaban J connectivity index is 1.53. The predicted molar refractivity (Wildman–Crippen MR) is 89.5 cm³/mol. The van der Waals surface area contributed by atoms with E-state index in [9.17, 15) is 9.18 Å². The second kappa shape index (κ2) is 7.29. The van der Waals surface area contributed by atoms with Crippen molar-refractivity contribution >= 4 is 11.7 Å². The summed E-state index contributed by atoms with van der Waals surface area (Å²) in [6, 6.07) is 11.5. The Morgan fingerprint density at radius 2 is 1.83 bits per heavy atom. The van der Waals surface area contributed by atoms with Gasteiger partial charge in [0.1, 0.15) is 17.4 Å². The lowest BCUT2D eigenvalue weighted by atomic mass is 10.2. The smallest absolute Gasteiger partial charge is 0.263 e. The molecule has 1 amide bonds. The maximum Gasteiger partial charge on any atom is 0.263 e. The van der Waals surface area contributed by atoms with Gasteiger partial charge in [0.15, 0.2) is 6.10 Å². The summed E-state index contributed by atoms with van der Waals surface area (Å²) >= 11 is 0. The van der Waals surface area contributed by atoms with Crippen molar-refractivity contribution in [2.75, 3.05) is 31.1 Å². The van der Waals surface area contributed by atoms with Crippen molar-refractivity contribution in [2.24, 2.45) is 0 Å². The zero-order chi connectivity index (χ0) is 16.9. The Morgan fingerprint density at radius 3 is 2.46 bits per heavy atom. The van der Waals surface area contributed by atoms with E-state index in [4.69, 9.17) is 4.74 Å². The molecule has 2 aromatic rings. The molecular formula is C18H20FN3O2. The van der Waals surface area contributed by atoms with Gasteiger partial charge in [0.25, 0.3) is 5.91 Å². The molecule has 0 unspecified atom stereocenters. The van der Waals surface area contributed by atoms with Gasteiger partial charge in [0.2, 0.25) is 0 Å². The van der Waals surface area contributed by atoms with E-state index < -0.39 is 6.10 Å². The van der Waals surface area contributed by atoms with Crippen LogP contribution in [-0.4, -0.2) is 48.1 Å². The average Bonchev–Trinajstić information content (AvgIpc) is 2.64. The van der Waals surface area contributed by atoms with Crippen molar-refractivity contribution in [3.8, 4) is 5.75 Å². The van der Waals surface area contributed by atoms with Crippen LogP contribution in [0.1, 0.15) is 6.92 Å². The molecule has 0 radical (unpaired) electrons. The number of nitrogens with zero attached hydrogens (tertiary/aromatic N) is 3. The summed E-state index contributed by atoms with van der Waals surface area (Å²) in [6.45, 7) is 4.47. The third-order valence-corrected chi connectivity index (χ3v) is 4.04. The minimum Gasteiger partial charge on any atom is -0.481 e. The summed E-state index contributed by atoms with van der Waals surface area (Å²) < 4.78 is 18.5. The fourth-order valence-corrected chi connectivity index (χ4v) is 2.72. The number of ether oxygens (including phenoxy) is 1. The largest absolute Gasteiger partial charge is 0.481 e. The number of aromatic nitrogens is 1. The van der Waals surface area contributed by atoms with Gasteiger partial charge in [-0.3, -0.25) is 4.79 Å². The first-order valence-corrected chi connectivity index (χ1v) is 8.00. The third-order valence-electron chi connectivity index (χ3n) is 4.04. The van der Waals surface area contributed by atoms with Gasteiger partial charge < -0.3 is 14.5 Å². The molecule has 0 saturated carbocycles. The van der Waals surface area contributed by atoms with Gasteiger partial charge in [-0.05, 0) is 43.3 Å². The van der Waals surface area contributed by atoms with Crippen molar-refractivity contribution in [2.45, 2.75) is 13.0 Å². The molecule has 2 heterocycles. The van der Waals surface area contributed by atoms with Crippen LogP contribution in [0.3, 0.4) is 0 Å². The molecule has 3 rings (SSSR count). The van der Waals surface area contributed by atoms with E-state index in [-0.39, 0.29) is 11.7 Å². The zero-order valence-electron chi connectivity index (χ0n) is 13.6. The Bertz CT molecular complexity index is 670. The first-order chi connectivity index (χ1) is 11.6. The van der Waals surface area contributed by atoms with Gasteiger partial charge in [-0.1, -0.05) is 6.07 Å². The number of benzene rings is 1. The van der Waals surface area contributed by atoms with Crippen LogP contribution >= 0.6 is 0 Å². The van der Waals surface area contributed by atoms with E-state index in [0.29, 0.717) is 18.8 Å². The van der Waals surface area contributed by atoms with Crippen LogP contribution < -0.4 is 9.64 Å². The van der Waals surface area contributed by atoms with Crippen molar-refractivity contribution in [3.63, 3.8) is 0 Å². The lowest BCUT2D eigenvalue weighted by Gasteiger charge is -2.36. The standard InChI is InChI=1S/C18H20FN3O2/c1-14(24-16-7-5-15(19)6-8-16)18(23)22-12-10-21(11-13-22)17-4-2-3-9-20-17/h2-9,14H,10-13H2,1H3/t14-/m1/s1. The predicted octanol–water partition coefficient (Wildman–Crippen LogP) is 2.34. The minimum atomic E-state index is -0.600. The quantitative estimate of drug-likeness (QED) is 0.864. The highest BCUT2D eigenvalue weighted by molar-refractivity contribution is 5.81. The Hall–Kier alpha value is -2.63. The summed E-state index contributed by atoms with van der Waals surface area (Å²) in [4.78, 5) is 20.8. The van der Waals surface area contributed by atoms with Gasteiger partial charge >= 0.3 is 0 Å². The molecule has 1 aromatic heterocycles. The fourth-order valence-electron chi connectivity index (χ4n) is 2.72. The van der Waals surface area contributed by atoms with Crippen molar-refractivity contribution in [3.05, 3.63) is 54.5 Å². The highest BCUT2D eigenvalue weighted by atomic mass is 19.1. The van der Waals surface area contributed by atoms with Crippen LogP contribution in [0.5, 0.6) is 5.75 Å². The number of carbonyl (C=O) groups excluding carboxylic acids is 1. The number of hydrogen-bond donors (Lipinski definition) is 0. The number of piperazine rings is 1. The van der Waals surface area contributed by atoms with E-state index in [2.05, 4.69) is 9.88 Å². The van der Waals surface area contributed by atoms with Crippen LogP contribution in [0.4, 0.5) is 10.2 Å². The molecule has 0 bridgehead atoms. The molecule has 0 aliphatic carbocycles. The van der Waals surface area contributed by atoms with Crippen LogP contribution in [0, 0.1) is 5.82 Å². The van der Waals surface area contributed by atoms with Crippen LogP contribution in [0.15, 0.2) is 48.7 Å². The highest BCUT2D eigenvalue weighted by Gasteiger charge is 2.26. The number of hydrogen-bond acceptors (Lipinski definition) is 4. The number of anilines is 1. The molecule has 126 valence electrons. The monoisotopic (exact) mass is 329 g/mol. The Morgan fingerprint density at radius 1 is 1.12 bits per heavy atom. The number of amides is 1. The lowest BCUT2D eigenvalue weighted by molar-refractivity contribution is -0.138. The molecule has 1 saturated heterocycles. The first kappa shape index (κ1) is 16.2. The van der Waals surface area contributed by atoms with Crippen LogP contribution in [0.25, 0.3) is 0 Å². The van der Waals surface area contributed by atoms with Gasteiger partial charge in [-0.2, -0.15) is 0 Å². The Labute approximate surface area is 140 Å². The molecule has 1 aliphatic rings. The normalized spacial score (nSPS) is 15.9. The summed E-state index contributed by atoms with van der Waals surface area (Å²) in [5, 5.41) is 0. The number of carbonyl (C=O) groups is 1. The van der Waals surface area contributed by atoms with Crippen molar-refractivity contribution in [1.29, 1.82) is 0 Å². The minimum absolute atomic E-state index is 0.0556. The van der Waals surface area contributed by atoms with Gasteiger partial charge in [0.05, 0.1) is 0 Å². The molecule has 6 heteroatoms. The molecule has 1 atom stereocenters. The van der Waals surface area contributed by atoms with Crippen molar-refractivity contribution < 1.29 is 13.9 Å². The van der Waals surface area contributed by atoms with Gasteiger partial charge in [-0.15, -0.1) is 0 Å². The van der Waals surface area contributed by atoms with E-state index in [1.165, 1.54) is 24.3 Å². The highest BCUT2D eigenvalue weighted by Crippen LogP contribution is 2.16. The van der Waals surface area contributed by atoms with E-state index in [1.807, 2.05) is 18.2 Å². The van der Waals surface area contributed by atoms with Crippen molar-refractivity contribution in [1.82, 2.24) is 9.88 Å². The second-order valence-corrected chi connectivity index (χ2v) is 5.71. The van der Waals surface area contributed by atoms with E-state index in [0.717, 1.165) is 18.9 Å². The van der Waals surface area contributed by atoms with Crippen LogP contribution in [0.2, 0.25) is 0 Å². The van der Waals surface area contributed by atoms with Gasteiger partial charge in [0, 0.05) is 32.4 Å². The average molecular weight is 329 g/mol. The summed E-state index contributed by atoms with van der Waals surface area (Å²) in [7, 11) is 0. The maximum atomic E-state index is 12.9. The third kappa shape index (κ3) is 3.82. The molecule has 0 spiro atoms. The van der Waals surface area contributed by atoms with E-state index >= 15 is 0 Å². The fraction of sp³-hybridized carbons (Fsp3) is 0.333. The topological polar surface area (TPSA) is 45.7 Å². The van der Waals surface area contributed by atoms with E-state index in [1.54, 1.807) is 18.0 Å². The summed E-state index contributed by atoms with van der Waals surface area (Å²) in [6.07, 6.45) is 1.17. The summed E-state index contributed by atoms with van der Waals surface area (Å²) in [5.74, 6) is 1.04. The molecule has 5 nitrogen and oxygen atoms in total. The molecule has 1 aliphatic heterocycles. The molecule has 24 heavy (non-hydrogen) atoms. The van der Waals surface area contributed by atoms with Crippen LogP contribution in [-0.2, 0) is 4.79 Å². The second-order valence-electron chi connectivity index (χ2n) is 5.71. The molecule has 0 N–H and O–H groups in total. The number of halogens is 1. The van der Waals surface area contributed by atoms with Gasteiger partial charge in [-0.25, -0.2) is 9.37 Å². The molecule has 1 aromatic carbocycles. The lowest BCUT2D eigenvalue weighted by Crippen LogP contribution is -2.52. The summed E-state index contributed by atoms with van der Waals surface area (Å²) in [5.41, 5.74) is 0. The first-order valence-electron chi connectivity index (χ1n) is 8.00. The maximum absolute atomic E-state index is 12.9. The zero-order valence-corrected chi connectivity index (χ0v) is 13.6. The number of pyridine rings is 1. The Kier molecular flexibility index (Phi) is 4.93. The molecular weight excluding hydrogens is 309 g/mol. The SMILES string of the molecule is C[C@@H](Oc1ccc(F)cc1)C(=O)N1CCN(c2ccccn2)CC1. The molecule has 1 fully saturated rings.